The summed E-state index contributed by atoms with van der Waals surface area (Å²) in [6.45, 7) is 0.636. The van der Waals surface area contributed by atoms with Gasteiger partial charge in [0.15, 0.2) is 0 Å². The second kappa shape index (κ2) is 9.38. The van der Waals surface area contributed by atoms with Crippen LogP contribution in [0.15, 0.2) is 57.9 Å². The van der Waals surface area contributed by atoms with Gasteiger partial charge in [0.2, 0.25) is 15.9 Å². The largest absolute Gasteiger partial charge is 0.343 e. The van der Waals surface area contributed by atoms with Crippen LogP contribution >= 0.6 is 15.9 Å². The van der Waals surface area contributed by atoms with E-state index in [2.05, 4.69) is 21.2 Å². The lowest BCUT2D eigenvalue weighted by Crippen LogP contribution is -2.52. The highest BCUT2D eigenvalue weighted by Crippen LogP contribution is 2.18. The second-order valence-electron chi connectivity index (χ2n) is 6.61. The zero-order valence-electron chi connectivity index (χ0n) is 15.9. The minimum absolute atomic E-state index is 0.113. The van der Waals surface area contributed by atoms with Crippen LogP contribution < -0.4 is 5.32 Å². The van der Waals surface area contributed by atoms with Crippen molar-refractivity contribution in [3.05, 3.63) is 64.1 Å². The van der Waals surface area contributed by atoms with E-state index < -0.39 is 10.0 Å². The van der Waals surface area contributed by atoms with Gasteiger partial charge in [-0.05, 0) is 42.5 Å². The van der Waals surface area contributed by atoms with Crippen LogP contribution in [0.4, 0.5) is 0 Å². The number of rotatable bonds is 5. The predicted molar refractivity (Wildman–Crippen MR) is 113 cm³/mol. The summed E-state index contributed by atoms with van der Waals surface area (Å²) < 4.78 is 27.6. The Hall–Kier alpha value is -2.74. The molecule has 0 unspecified atom stereocenters. The fourth-order valence-electron chi connectivity index (χ4n) is 3.03. The molecular formula is C20H19BrN4O4S. The third-order valence-electron chi connectivity index (χ3n) is 4.70. The van der Waals surface area contributed by atoms with E-state index in [1.807, 2.05) is 6.07 Å². The Morgan fingerprint density at radius 2 is 1.73 bits per heavy atom. The fraction of sp³-hybridized carbons (Fsp3) is 0.250. The molecule has 156 valence electrons. The maximum atomic E-state index is 12.7. The quantitative estimate of drug-likeness (QED) is 0.683. The monoisotopic (exact) mass is 490 g/mol. The van der Waals surface area contributed by atoms with Crippen LogP contribution in [0, 0.1) is 11.3 Å². The Labute approximate surface area is 183 Å². The zero-order valence-corrected chi connectivity index (χ0v) is 18.3. The number of nitriles is 1. The summed E-state index contributed by atoms with van der Waals surface area (Å²) in [5.74, 6) is -0.625. The van der Waals surface area contributed by atoms with Crippen LogP contribution in [0.5, 0.6) is 0 Å². The van der Waals surface area contributed by atoms with Gasteiger partial charge in [0.1, 0.15) is 0 Å². The first kappa shape index (κ1) is 22.0. The highest BCUT2D eigenvalue weighted by Gasteiger charge is 2.30. The molecule has 0 bridgehead atoms. The number of nitrogens with zero attached hydrogens (tertiary/aromatic N) is 3. The van der Waals surface area contributed by atoms with Crippen LogP contribution in [-0.2, 0) is 14.8 Å². The maximum absolute atomic E-state index is 12.7. The summed E-state index contributed by atoms with van der Waals surface area (Å²) in [4.78, 5) is 26.2. The Morgan fingerprint density at radius 3 is 2.33 bits per heavy atom. The van der Waals surface area contributed by atoms with Crippen LogP contribution in [-0.4, -0.2) is 62.2 Å². The van der Waals surface area contributed by atoms with Gasteiger partial charge < -0.3 is 10.2 Å². The Morgan fingerprint density at radius 1 is 1.07 bits per heavy atom. The van der Waals surface area contributed by atoms with Gasteiger partial charge in [-0.25, -0.2) is 8.42 Å². The van der Waals surface area contributed by atoms with Gasteiger partial charge in [0.05, 0.1) is 23.1 Å². The van der Waals surface area contributed by atoms with Crippen molar-refractivity contribution in [2.75, 3.05) is 32.7 Å². The van der Waals surface area contributed by atoms with Gasteiger partial charge in [-0.2, -0.15) is 9.57 Å². The molecule has 1 N–H and O–H groups in total. The number of piperazine rings is 1. The highest BCUT2D eigenvalue weighted by atomic mass is 79.9. The van der Waals surface area contributed by atoms with Crippen molar-refractivity contribution in [2.45, 2.75) is 4.90 Å². The van der Waals surface area contributed by atoms with Crippen molar-refractivity contribution in [1.82, 2.24) is 14.5 Å². The lowest BCUT2D eigenvalue weighted by atomic mass is 10.2. The van der Waals surface area contributed by atoms with Crippen molar-refractivity contribution in [2.24, 2.45) is 0 Å². The van der Waals surface area contributed by atoms with Crippen molar-refractivity contribution >= 4 is 37.8 Å². The van der Waals surface area contributed by atoms with Gasteiger partial charge >= 0.3 is 0 Å². The van der Waals surface area contributed by atoms with E-state index in [1.54, 1.807) is 24.3 Å². The number of sulfonamides is 1. The Bertz CT molecular complexity index is 1090. The van der Waals surface area contributed by atoms with Crippen LogP contribution in [0.1, 0.15) is 15.9 Å². The molecule has 1 heterocycles. The average Bonchev–Trinajstić information content (AvgIpc) is 2.77. The number of carbonyl (C=O) groups is 2. The van der Waals surface area contributed by atoms with Crippen LogP contribution in [0.2, 0.25) is 0 Å². The van der Waals surface area contributed by atoms with E-state index in [1.165, 1.54) is 33.5 Å². The molecule has 3 rings (SSSR count). The lowest BCUT2D eigenvalue weighted by molar-refractivity contribution is -0.131. The highest BCUT2D eigenvalue weighted by molar-refractivity contribution is 9.10. The topological polar surface area (TPSA) is 111 Å². The van der Waals surface area contributed by atoms with E-state index in [4.69, 9.17) is 5.26 Å². The minimum atomic E-state index is -3.69. The number of halogens is 1. The van der Waals surface area contributed by atoms with E-state index in [0.29, 0.717) is 11.1 Å². The molecule has 1 aliphatic rings. The molecule has 1 aliphatic heterocycles. The normalized spacial score (nSPS) is 14.7. The van der Waals surface area contributed by atoms with Gasteiger partial charge in [0.25, 0.3) is 5.91 Å². The fourth-order valence-corrected chi connectivity index (χ4v) is 4.85. The molecule has 0 aliphatic carbocycles. The number of hydrogen-bond acceptors (Lipinski definition) is 5. The van der Waals surface area contributed by atoms with Crippen molar-refractivity contribution in [3.63, 3.8) is 0 Å². The molecule has 8 nitrogen and oxygen atoms in total. The van der Waals surface area contributed by atoms with Crippen LogP contribution in [0.25, 0.3) is 0 Å². The number of benzene rings is 2. The second-order valence-corrected chi connectivity index (χ2v) is 9.47. The molecule has 1 fully saturated rings. The summed E-state index contributed by atoms with van der Waals surface area (Å²) in [5, 5.41) is 11.4. The van der Waals surface area contributed by atoms with E-state index in [9.17, 15) is 18.0 Å². The third-order valence-corrected chi connectivity index (χ3v) is 7.11. The summed E-state index contributed by atoms with van der Waals surface area (Å²) in [6, 6.07) is 14.5. The van der Waals surface area contributed by atoms with E-state index in [-0.39, 0.29) is 49.4 Å². The maximum Gasteiger partial charge on any atom is 0.251 e. The number of hydrogen-bond donors (Lipinski definition) is 1. The van der Waals surface area contributed by atoms with Crippen molar-refractivity contribution < 1.29 is 18.0 Å². The van der Waals surface area contributed by atoms with Gasteiger partial charge in [-0.15, -0.1) is 0 Å². The summed E-state index contributed by atoms with van der Waals surface area (Å²) in [5.41, 5.74) is 0.824. The molecule has 2 aromatic carbocycles. The lowest BCUT2D eigenvalue weighted by Gasteiger charge is -2.34. The molecular weight excluding hydrogens is 472 g/mol. The molecule has 10 heteroatoms. The average molecular weight is 491 g/mol. The first-order valence-corrected chi connectivity index (χ1v) is 11.4. The third kappa shape index (κ3) is 5.05. The first-order chi connectivity index (χ1) is 14.3. The summed E-state index contributed by atoms with van der Waals surface area (Å²) >= 11 is 3.30. The standard InChI is InChI=1S/C20H19BrN4O4S/c21-17-3-1-2-16(12-17)20(27)23-14-19(26)24-8-10-25(11-9-24)30(28,29)18-6-4-15(13-22)5-7-18/h1-7,12H,8-11,14H2,(H,23,27). The Kier molecular flexibility index (Phi) is 6.87. The number of nitrogens with one attached hydrogen (secondary N) is 1. The first-order valence-electron chi connectivity index (χ1n) is 9.13. The summed E-state index contributed by atoms with van der Waals surface area (Å²) in [7, 11) is -3.69. The molecule has 0 radical (unpaired) electrons. The molecule has 2 aromatic rings. The molecule has 0 saturated carbocycles. The van der Waals surface area contributed by atoms with Crippen LogP contribution in [0.3, 0.4) is 0 Å². The summed E-state index contributed by atoms with van der Waals surface area (Å²) in [6.07, 6.45) is 0. The minimum Gasteiger partial charge on any atom is -0.343 e. The van der Waals surface area contributed by atoms with E-state index in [0.717, 1.165) is 4.47 Å². The zero-order chi connectivity index (χ0) is 21.7. The van der Waals surface area contributed by atoms with Crippen molar-refractivity contribution in [3.8, 4) is 6.07 Å². The molecule has 0 aromatic heterocycles. The van der Waals surface area contributed by atoms with Crippen molar-refractivity contribution in [1.29, 1.82) is 5.26 Å². The molecule has 1 saturated heterocycles. The number of amides is 2. The van der Waals surface area contributed by atoms with Gasteiger partial charge in [-0.1, -0.05) is 22.0 Å². The van der Waals surface area contributed by atoms with Gasteiger partial charge in [0, 0.05) is 36.2 Å². The predicted octanol–water partition coefficient (Wildman–Crippen LogP) is 1.58. The van der Waals surface area contributed by atoms with Gasteiger partial charge in [-0.3, -0.25) is 9.59 Å². The SMILES string of the molecule is N#Cc1ccc(S(=O)(=O)N2CCN(C(=O)CNC(=O)c3cccc(Br)c3)CC2)cc1. The molecule has 2 amide bonds. The molecule has 30 heavy (non-hydrogen) atoms. The molecule has 0 atom stereocenters. The number of carbonyl (C=O) groups excluding carboxylic acids is 2. The van der Waals surface area contributed by atoms with E-state index >= 15 is 0 Å². The smallest absolute Gasteiger partial charge is 0.251 e. The Balaban J connectivity index is 1.53. The molecule has 0 spiro atoms.